The van der Waals surface area contributed by atoms with E-state index >= 15 is 0 Å². The van der Waals surface area contributed by atoms with Crippen LogP contribution in [0.5, 0.6) is 5.75 Å². The molecule has 0 saturated heterocycles. The normalized spacial score (nSPS) is 10.9. The van der Waals surface area contributed by atoms with Gasteiger partial charge < -0.3 is 13.9 Å². The number of carbonyl (C=O) groups is 2. The van der Waals surface area contributed by atoms with E-state index in [1.54, 1.807) is 38.1 Å². The number of furan rings is 1. The molecule has 0 aliphatic rings. The van der Waals surface area contributed by atoms with Crippen LogP contribution in [0.3, 0.4) is 0 Å². The molecule has 1 heterocycles. The molecule has 0 fully saturated rings. The number of rotatable bonds is 5. The van der Waals surface area contributed by atoms with E-state index < -0.39 is 16.9 Å². The van der Waals surface area contributed by atoms with Crippen LogP contribution in [0, 0.1) is 17.0 Å². The number of nitrogens with zero attached hydrogens (tertiary/aromatic N) is 1. The Morgan fingerprint density at radius 1 is 1.00 bits per heavy atom. The summed E-state index contributed by atoms with van der Waals surface area (Å²) in [6.07, 6.45) is 0. The Morgan fingerprint density at radius 2 is 1.68 bits per heavy atom. The maximum atomic E-state index is 12.7. The highest BCUT2D eigenvalue weighted by atomic mass is 16.6. The van der Waals surface area contributed by atoms with E-state index in [4.69, 9.17) is 13.9 Å². The molecule has 8 heteroatoms. The number of benzene rings is 3. The Labute approximate surface area is 176 Å². The van der Waals surface area contributed by atoms with Gasteiger partial charge >= 0.3 is 11.9 Å². The van der Waals surface area contributed by atoms with Crippen LogP contribution >= 0.6 is 0 Å². The topological polar surface area (TPSA) is 109 Å². The zero-order chi connectivity index (χ0) is 22.1. The Kier molecular flexibility index (Phi) is 5.12. The molecule has 8 nitrogen and oxygen atoms in total. The van der Waals surface area contributed by atoms with E-state index in [0.717, 1.165) is 0 Å². The van der Waals surface area contributed by atoms with Gasteiger partial charge in [-0.15, -0.1) is 0 Å². The number of ether oxygens (including phenoxy) is 2. The minimum absolute atomic E-state index is 0.128. The summed E-state index contributed by atoms with van der Waals surface area (Å²) < 4.78 is 16.6. The van der Waals surface area contributed by atoms with Crippen LogP contribution in [0.25, 0.3) is 21.7 Å². The molecule has 0 bridgehead atoms. The molecule has 0 N–H and O–H groups in total. The van der Waals surface area contributed by atoms with Crippen molar-refractivity contribution in [1.82, 2.24) is 0 Å². The molecule has 3 aromatic carbocycles. The van der Waals surface area contributed by atoms with Gasteiger partial charge in [-0.3, -0.25) is 10.1 Å². The predicted octanol–water partition coefficient (Wildman–Crippen LogP) is 5.20. The first-order valence-electron chi connectivity index (χ1n) is 9.49. The average Bonchev–Trinajstić information content (AvgIpc) is 3.10. The van der Waals surface area contributed by atoms with Crippen LogP contribution in [0.2, 0.25) is 0 Å². The molecule has 0 atom stereocenters. The average molecular weight is 419 g/mol. The first-order chi connectivity index (χ1) is 14.9. The van der Waals surface area contributed by atoms with E-state index in [-0.39, 0.29) is 29.2 Å². The predicted molar refractivity (Wildman–Crippen MR) is 112 cm³/mol. The highest BCUT2D eigenvalue weighted by Crippen LogP contribution is 2.38. The third-order valence-corrected chi connectivity index (χ3v) is 4.83. The quantitative estimate of drug-likeness (QED) is 0.189. The largest absolute Gasteiger partial charge is 0.462 e. The molecule has 0 saturated carbocycles. The number of aryl methyl sites for hydroxylation is 1. The van der Waals surface area contributed by atoms with Crippen LogP contribution in [0.15, 0.2) is 59.0 Å². The molecule has 0 aliphatic carbocycles. The van der Waals surface area contributed by atoms with Crippen molar-refractivity contribution in [3.05, 3.63) is 81.6 Å². The minimum Gasteiger partial charge on any atom is -0.462 e. The fraction of sp³-hybridized carbons (Fsp3) is 0.130. The van der Waals surface area contributed by atoms with Gasteiger partial charge in [0.1, 0.15) is 22.7 Å². The Hall–Kier alpha value is -4.20. The number of non-ortho nitro benzene ring substituents is 1. The van der Waals surface area contributed by atoms with E-state index in [1.807, 2.05) is 6.07 Å². The van der Waals surface area contributed by atoms with Gasteiger partial charge in [-0.1, -0.05) is 24.3 Å². The van der Waals surface area contributed by atoms with Gasteiger partial charge in [0.2, 0.25) is 0 Å². The van der Waals surface area contributed by atoms with Crippen molar-refractivity contribution in [2.45, 2.75) is 13.8 Å². The summed E-state index contributed by atoms with van der Waals surface area (Å²) in [5.41, 5.74) is 0.793. The number of hydrogen-bond donors (Lipinski definition) is 0. The van der Waals surface area contributed by atoms with Crippen molar-refractivity contribution >= 4 is 39.4 Å². The second kappa shape index (κ2) is 7.91. The fourth-order valence-electron chi connectivity index (χ4n) is 3.42. The lowest BCUT2D eigenvalue weighted by Gasteiger charge is -2.09. The molecule has 1 aromatic heterocycles. The summed E-state index contributed by atoms with van der Waals surface area (Å²) in [6, 6.07) is 13.9. The lowest BCUT2D eigenvalue weighted by Crippen LogP contribution is -2.09. The zero-order valence-electron chi connectivity index (χ0n) is 16.7. The summed E-state index contributed by atoms with van der Waals surface area (Å²) >= 11 is 0. The monoisotopic (exact) mass is 419 g/mol. The van der Waals surface area contributed by atoms with Gasteiger partial charge in [-0.05, 0) is 32.0 Å². The molecular weight excluding hydrogens is 402 g/mol. The lowest BCUT2D eigenvalue weighted by molar-refractivity contribution is -0.384. The first kappa shape index (κ1) is 20.1. The first-order valence-corrected chi connectivity index (χ1v) is 9.49. The van der Waals surface area contributed by atoms with E-state index in [0.29, 0.717) is 27.5 Å². The second-order valence-electron chi connectivity index (χ2n) is 6.74. The van der Waals surface area contributed by atoms with Gasteiger partial charge in [0, 0.05) is 28.3 Å². The summed E-state index contributed by atoms with van der Waals surface area (Å²) in [6.45, 7) is 3.59. The summed E-state index contributed by atoms with van der Waals surface area (Å²) in [5.74, 6) is -0.575. The van der Waals surface area contributed by atoms with Gasteiger partial charge in [-0.25, -0.2) is 9.59 Å². The van der Waals surface area contributed by atoms with Crippen molar-refractivity contribution < 1.29 is 28.4 Å². The number of carbonyl (C=O) groups excluding carboxylic acids is 2. The number of fused-ring (bicyclic) bond motifs is 3. The molecule has 0 amide bonds. The standard InChI is InChI=1S/C23H17NO7/c1-3-29-23(26)20-13(2)30-21-17-7-5-4-6-16(17)19(12-18(20)21)31-22(25)14-8-10-15(11-9-14)24(27)28/h4-12H,3H2,1-2H3. The summed E-state index contributed by atoms with van der Waals surface area (Å²) in [7, 11) is 0. The van der Waals surface area contributed by atoms with Crippen LogP contribution in [-0.4, -0.2) is 23.5 Å². The maximum absolute atomic E-state index is 12.7. The number of esters is 2. The van der Waals surface area contributed by atoms with Crippen LogP contribution < -0.4 is 4.74 Å². The van der Waals surface area contributed by atoms with Crippen molar-refractivity contribution in [2.24, 2.45) is 0 Å². The van der Waals surface area contributed by atoms with E-state index in [9.17, 15) is 19.7 Å². The molecule has 156 valence electrons. The van der Waals surface area contributed by atoms with Gasteiger partial charge in [0.25, 0.3) is 5.69 Å². The van der Waals surface area contributed by atoms with Crippen LogP contribution in [-0.2, 0) is 4.74 Å². The van der Waals surface area contributed by atoms with Gasteiger partial charge in [-0.2, -0.15) is 0 Å². The number of nitro benzene ring substituents is 1. The zero-order valence-corrected chi connectivity index (χ0v) is 16.7. The number of nitro groups is 1. The van der Waals surface area contributed by atoms with E-state index in [1.165, 1.54) is 24.3 Å². The molecule has 0 unspecified atom stereocenters. The molecule has 0 spiro atoms. The Balaban J connectivity index is 1.82. The Morgan fingerprint density at radius 3 is 2.32 bits per heavy atom. The molecular formula is C23H17NO7. The highest BCUT2D eigenvalue weighted by molar-refractivity contribution is 6.15. The highest BCUT2D eigenvalue weighted by Gasteiger charge is 2.23. The maximum Gasteiger partial charge on any atom is 0.343 e. The SMILES string of the molecule is CCOC(=O)c1c(C)oc2c1cc(OC(=O)c1ccc([N+](=O)[O-])cc1)c1ccccc12. The molecule has 0 aliphatic heterocycles. The van der Waals surface area contributed by atoms with Crippen molar-refractivity contribution in [3.63, 3.8) is 0 Å². The van der Waals surface area contributed by atoms with Crippen LogP contribution in [0.1, 0.15) is 33.4 Å². The molecule has 0 radical (unpaired) electrons. The lowest BCUT2D eigenvalue weighted by atomic mass is 10.0. The van der Waals surface area contributed by atoms with Gasteiger partial charge in [0.15, 0.2) is 0 Å². The van der Waals surface area contributed by atoms with Gasteiger partial charge in [0.05, 0.1) is 17.1 Å². The number of hydrogen-bond acceptors (Lipinski definition) is 7. The fourth-order valence-corrected chi connectivity index (χ4v) is 3.42. The second-order valence-corrected chi connectivity index (χ2v) is 6.74. The van der Waals surface area contributed by atoms with Crippen molar-refractivity contribution in [1.29, 1.82) is 0 Å². The van der Waals surface area contributed by atoms with Crippen molar-refractivity contribution in [2.75, 3.05) is 6.61 Å². The van der Waals surface area contributed by atoms with Crippen molar-refractivity contribution in [3.8, 4) is 5.75 Å². The smallest absolute Gasteiger partial charge is 0.343 e. The Bertz CT molecular complexity index is 1340. The molecule has 4 aromatic rings. The third-order valence-electron chi connectivity index (χ3n) is 4.83. The van der Waals surface area contributed by atoms with E-state index in [2.05, 4.69) is 0 Å². The summed E-state index contributed by atoms with van der Waals surface area (Å²) in [5, 5.41) is 12.6. The molecule has 31 heavy (non-hydrogen) atoms. The van der Waals surface area contributed by atoms with Crippen LogP contribution in [0.4, 0.5) is 5.69 Å². The third kappa shape index (κ3) is 3.59. The molecule has 4 rings (SSSR count). The minimum atomic E-state index is -0.683. The summed E-state index contributed by atoms with van der Waals surface area (Å²) in [4.78, 5) is 35.4.